The first kappa shape index (κ1) is 16.9. The van der Waals surface area contributed by atoms with Crippen molar-refractivity contribution in [2.24, 2.45) is 0 Å². The summed E-state index contributed by atoms with van der Waals surface area (Å²) < 4.78 is 0. The van der Waals surface area contributed by atoms with Crippen molar-refractivity contribution in [2.75, 3.05) is 24.7 Å². The van der Waals surface area contributed by atoms with Crippen LogP contribution in [0.4, 0.5) is 5.69 Å². The molecule has 3 aliphatic rings. The molecule has 2 atom stereocenters. The molecule has 0 aromatic heterocycles. The van der Waals surface area contributed by atoms with E-state index in [4.69, 9.17) is 0 Å². The molecular weight excluding hydrogens is 330 g/mol. The average Bonchev–Trinajstić information content (AvgIpc) is 3.37. The molecule has 3 nitrogen and oxygen atoms in total. The van der Waals surface area contributed by atoms with E-state index in [-0.39, 0.29) is 0 Å². The molecule has 0 N–H and O–H groups in total. The number of aryl methyl sites for hydroxylation is 2. The molecule has 0 saturated carbocycles. The van der Waals surface area contributed by atoms with E-state index in [9.17, 15) is 0 Å². The lowest BCUT2D eigenvalue weighted by molar-refractivity contribution is 0.201. The zero-order valence-electron chi connectivity index (χ0n) is 16.2. The van der Waals surface area contributed by atoms with Crippen LogP contribution in [0.5, 0.6) is 0 Å². The third-order valence-corrected chi connectivity index (χ3v) is 6.59. The molecule has 2 aromatic rings. The summed E-state index contributed by atoms with van der Waals surface area (Å²) in [5, 5.41) is 0. The molecule has 1 saturated heterocycles. The van der Waals surface area contributed by atoms with Gasteiger partial charge in [0.1, 0.15) is 0 Å². The lowest BCUT2D eigenvalue weighted by Gasteiger charge is -2.33. The van der Waals surface area contributed by atoms with E-state index in [1.807, 2.05) is 0 Å². The van der Waals surface area contributed by atoms with Gasteiger partial charge >= 0.3 is 0 Å². The summed E-state index contributed by atoms with van der Waals surface area (Å²) in [4.78, 5) is 7.66. The molecule has 2 heterocycles. The number of fused-ring (bicyclic) bond motifs is 1. The van der Waals surface area contributed by atoms with Crippen LogP contribution in [0.25, 0.3) is 0 Å². The Hall–Kier alpha value is -2.26. The molecule has 2 unspecified atom stereocenters. The van der Waals surface area contributed by atoms with Crippen LogP contribution >= 0.6 is 0 Å². The van der Waals surface area contributed by atoms with E-state index in [2.05, 4.69) is 82.6 Å². The Bertz CT molecular complexity index is 843. The first-order valence-corrected chi connectivity index (χ1v) is 10.3. The number of hydrogen-bond acceptors (Lipinski definition) is 3. The summed E-state index contributed by atoms with van der Waals surface area (Å²) >= 11 is 0. The second-order valence-corrected chi connectivity index (χ2v) is 8.37. The minimum atomic E-state index is 0.647. The van der Waals surface area contributed by atoms with Gasteiger partial charge in [-0.3, -0.25) is 4.90 Å². The largest absolute Gasteiger partial charge is 0.354 e. The fourth-order valence-corrected chi connectivity index (χ4v) is 5.01. The monoisotopic (exact) mass is 359 g/mol. The lowest BCUT2D eigenvalue weighted by Crippen LogP contribution is -2.41. The first-order chi connectivity index (χ1) is 13.3. The van der Waals surface area contributed by atoms with Gasteiger partial charge in [-0.1, -0.05) is 36.4 Å². The Labute approximate surface area is 162 Å². The maximum atomic E-state index is 2.75. The second kappa shape index (κ2) is 7.05. The van der Waals surface area contributed by atoms with Crippen LogP contribution in [0.1, 0.15) is 29.5 Å². The van der Waals surface area contributed by atoms with Crippen molar-refractivity contribution in [1.82, 2.24) is 9.80 Å². The Morgan fingerprint density at radius 1 is 0.889 bits per heavy atom. The highest BCUT2D eigenvalue weighted by atomic mass is 15.4. The van der Waals surface area contributed by atoms with Gasteiger partial charge in [0, 0.05) is 43.3 Å². The predicted molar refractivity (Wildman–Crippen MR) is 112 cm³/mol. The lowest BCUT2D eigenvalue weighted by atomic mass is 9.88. The molecule has 2 aliphatic heterocycles. The fraction of sp³-hybridized carbons (Fsp3) is 0.417. The second-order valence-electron chi connectivity index (χ2n) is 8.37. The summed E-state index contributed by atoms with van der Waals surface area (Å²) in [5.41, 5.74) is 5.76. The van der Waals surface area contributed by atoms with E-state index in [0.717, 1.165) is 12.7 Å². The average molecular weight is 360 g/mol. The van der Waals surface area contributed by atoms with E-state index in [1.54, 1.807) is 11.1 Å². The van der Waals surface area contributed by atoms with Crippen LogP contribution in [0.2, 0.25) is 0 Å². The Morgan fingerprint density at radius 3 is 2.67 bits per heavy atom. The zero-order valence-corrected chi connectivity index (χ0v) is 16.2. The number of benzene rings is 2. The van der Waals surface area contributed by atoms with Crippen molar-refractivity contribution in [3.05, 3.63) is 77.6 Å². The first-order valence-electron chi connectivity index (χ1n) is 10.3. The third kappa shape index (κ3) is 3.37. The highest BCUT2D eigenvalue weighted by Gasteiger charge is 2.33. The number of likely N-dealkylation sites (tertiary alicyclic amines) is 1. The Morgan fingerprint density at radius 2 is 1.78 bits per heavy atom. The highest BCUT2D eigenvalue weighted by molar-refractivity contribution is 5.51. The van der Waals surface area contributed by atoms with Crippen molar-refractivity contribution in [3.63, 3.8) is 0 Å². The smallest absolute Gasteiger partial charge is 0.0945 e. The fourth-order valence-electron chi connectivity index (χ4n) is 5.01. The Balaban J connectivity index is 1.20. The molecule has 0 amide bonds. The van der Waals surface area contributed by atoms with Gasteiger partial charge in [-0.15, -0.1) is 0 Å². The van der Waals surface area contributed by atoms with Gasteiger partial charge in [-0.2, -0.15) is 0 Å². The quantitative estimate of drug-likeness (QED) is 0.814. The minimum Gasteiger partial charge on any atom is -0.354 e. The minimum absolute atomic E-state index is 0.647. The standard InChI is InChI=1S/C24H29N3/c1-19-5-4-8-22(15-19)26-13-14-27(18-26)24-11-12-25(17-24)23-10-9-20-6-2-3-7-21(20)16-23/h2-8,13-15,23-24H,9-12,16-18H2,1H3. The normalized spacial score (nSPS) is 25.2. The Kier molecular flexibility index (Phi) is 4.41. The van der Waals surface area contributed by atoms with Gasteiger partial charge in [0.15, 0.2) is 0 Å². The molecule has 140 valence electrons. The van der Waals surface area contributed by atoms with Crippen molar-refractivity contribution in [1.29, 1.82) is 0 Å². The molecule has 3 heteroatoms. The van der Waals surface area contributed by atoms with Crippen LogP contribution < -0.4 is 4.90 Å². The number of nitrogens with zero attached hydrogens (tertiary/aromatic N) is 3. The summed E-state index contributed by atoms with van der Waals surface area (Å²) in [6, 6.07) is 19.2. The summed E-state index contributed by atoms with van der Waals surface area (Å²) in [6.45, 7) is 5.60. The summed E-state index contributed by atoms with van der Waals surface area (Å²) in [7, 11) is 0. The molecule has 2 aromatic carbocycles. The van der Waals surface area contributed by atoms with Crippen LogP contribution in [0.3, 0.4) is 0 Å². The third-order valence-electron chi connectivity index (χ3n) is 6.59. The molecule has 0 spiro atoms. The molecule has 1 aliphatic carbocycles. The number of hydrogen-bond donors (Lipinski definition) is 0. The van der Waals surface area contributed by atoms with Crippen LogP contribution in [-0.2, 0) is 12.8 Å². The van der Waals surface area contributed by atoms with E-state index >= 15 is 0 Å². The van der Waals surface area contributed by atoms with Crippen LogP contribution in [0.15, 0.2) is 60.9 Å². The van der Waals surface area contributed by atoms with E-state index in [0.29, 0.717) is 6.04 Å². The summed E-state index contributed by atoms with van der Waals surface area (Å²) in [6.07, 6.45) is 9.61. The summed E-state index contributed by atoms with van der Waals surface area (Å²) in [5.74, 6) is 0. The van der Waals surface area contributed by atoms with Crippen molar-refractivity contribution in [2.45, 2.75) is 44.7 Å². The molecule has 27 heavy (non-hydrogen) atoms. The highest BCUT2D eigenvalue weighted by Crippen LogP contribution is 2.29. The molecule has 1 fully saturated rings. The van der Waals surface area contributed by atoms with Gasteiger partial charge in [0.25, 0.3) is 0 Å². The molecule has 5 rings (SSSR count). The van der Waals surface area contributed by atoms with E-state index in [1.165, 1.54) is 50.0 Å². The molecule has 0 radical (unpaired) electrons. The van der Waals surface area contributed by atoms with Crippen LogP contribution in [0, 0.1) is 6.92 Å². The van der Waals surface area contributed by atoms with Gasteiger partial charge < -0.3 is 9.80 Å². The zero-order chi connectivity index (χ0) is 18.2. The SMILES string of the molecule is Cc1cccc(N2C=CN(C3CCN(C4CCc5ccccc5C4)C3)C2)c1. The van der Waals surface area contributed by atoms with Crippen molar-refractivity contribution in [3.8, 4) is 0 Å². The number of rotatable bonds is 3. The van der Waals surface area contributed by atoms with E-state index < -0.39 is 0 Å². The number of anilines is 1. The van der Waals surface area contributed by atoms with Gasteiger partial charge in [-0.05, 0) is 61.4 Å². The maximum Gasteiger partial charge on any atom is 0.0945 e. The van der Waals surface area contributed by atoms with Gasteiger partial charge in [0.2, 0.25) is 0 Å². The molecular formula is C24H29N3. The maximum absolute atomic E-state index is 2.75. The predicted octanol–water partition coefficient (Wildman–Crippen LogP) is 4.18. The molecule has 0 bridgehead atoms. The van der Waals surface area contributed by atoms with Gasteiger partial charge in [0.05, 0.1) is 6.67 Å². The topological polar surface area (TPSA) is 9.72 Å². The van der Waals surface area contributed by atoms with Crippen molar-refractivity contribution >= 4 is 5.69 Å². The van der Waals surface area contributed by atoms with Crippen molar-refractivity contribution < 1.29 is 0 Å². The van der Waals surface area contributed by atoms with Gasteiger partial charge in [-0.25, -0.2) is 0 Å². The van der Waals surface area contributed by atoms with Crippen LogP contribution in [-0.4, -0.2) is 41.6 Å².